The summed E-state index contributed by atoms with van der Waals surface area (Å²) in [7, 11) is 0. The van der Waals surface area contributed by atoms with Crippen LogP contribution >= 0.6 is 0 Å². The number of carboxylic acid groups (broad SMARTS) is 1. The molecule has 2 atom stereocenters. The van der Waals surface area contributed by atoms with Crippen LogP contribution in [0.2, 0.25) is 0 Å². The summed E-state index contributed by atoms with van der Waals surface area (Å²) in [6.07, 6.45) is 6.50. The van der Waals surface area contributed by atoms with E-state index in [9.17, 15) is 14.3 Å². The van der Waals surface area contributed by atoms with Crippen molar-refractivity contribution in [3.63, 3.8) is 0 Å². The highest BCUT2D eigenvalue weighted by Crippen LogP contribution is 2.46. The first-order chi connectivity index (χ1) is 13.6. The average Bonchev–Trinajstić information content (AvgIpc) is 3.14. The summed E-state index contributed by atoms with van der Waals surface area (Å²) in [6, 6.07) is 3.28. The number of nitrogens with zero attached hydrogens (tertiary/aromatic N) is 4. The van der Waals surface area contributed by atoms with Crippen molar-refractivity contribution in [1.82, 2.24) is 25.1 Å². The van der Waals surface area contributed by atoms with Gasteiger partial charge in [-0.3, -0.25) is 9.89 Å². The predicted octanol–water partition coefficient (Wildman–Crippen LogP) is 2.86. The van der Waals surface area contributed by atoms with Gasteiger partial charge in [0.1, 0.15) is 5.69 Å². The van der Waals surface area contributed by atoms with Crippen LogP contribution in [0.25, 0.3) is 22.6 Å². The molecule has 3 fully saturated rings. The van der Waals surface area contributed by atoms with E-state index in [0.717, 1.165) is 37.3 Å². The quantitative estimate of drug-likeness (QED) is 0.635. The van der Waals surface area contributed by atoms with E-state index in [1.807, 2.05) is 6.07 Å². The average molecular weight is 382 g/mol. The molecule has 0 spiro atoms. The maximum Gasteiger partial charge on any atom is 0.308 e. The number of aromatic amines is 1. The van der Waals surface area contributed by atoms with Gasteiger partial charge in [-0.05, 0) is 49.7 Å². The second-order valence-electron chi connectivity index (χ2n) is 7.57. The van der Waals surface area contributed by atoms with E-state index in [0.29, 0.717) is 11.3 Å². The van der Waals surface area contributed by atoms with Gasteiger partial charge in [-0.25, -0.2) is 19.3 Å². The molecule has 0 aliphatic heterocycles. The van der Waals surface area contributed by atoms with Crippen molar-refractivity contribution in [3.05, 3.63) is 30.3 Å². The molecular formula is C19H19FN6O2. The topological polar surface area (TPSA) is 117 Å². The van der Waals surface area contributed by atoms with E-state index >= 15 is 0 Å². The maximum atomic E-state index is 14.5. The Morgan fingerprint density at radius 2 is 2.00 bits per heavy atom. The number of fused-ring (bicyclic) bond motifs is 4. The molecule has 0 aromatic carbocycles. The molecule has 3 saturated carbocycles. The Labute approximate surface area is 159 Å². The standard InChI is InChI=1S/C19H19FN6O2/c20-12-8-22-18(15-11-2-1-7-21-16(11)26-25-15)24-17(12)23-14-10-5-3-9(4-6-10)13(14)19(27)28/h1-2,7-10,13-14H,3-6H2,(H,27,28)(H,21,25,26)(H,22,23,24)/t9?,10?,13-,14-/m1/s1. The number of rotatable bonds is 4. The lowest BCUT2D eigenvalue weighted by Crippen LogP contribution is -2.51. The van der Waals surface area contributed by atoms with Crippen LogP contribution in [0.4, 0.5) is 10.2 Å². The van der Waals surface area contributed by atoms with Crippen LogP contribution in [-0.2, 0) is 4.79 Å². The lowest BCUT2D eigenvalue weighted by atomic mass is 9.61. The number of pyridine rings is 1. The number of H-pyrrole nitrogens is 1. The van der Waals surface area contributed by atoms with Gasteiger partial charge in [0.05, 0.1) is 12.1 Å². The van der Waals surface area contributed by atoms with Crippen molar-refractivity contribution >= 4 is 22.8 Å². The van der Waals surface area contributed by atoms with Gasteiger partial charge in [-0.15, -0.1) is 0 Å². The highest BCUT2D eigenvalue weighted by Gasteiger charge is 2.47. The van der Waals surface area contributed by atoms with Crippen LogP contribution in [0.3, 0.4) is 0 Å². The second kappa shape index (κ2) is 6.50. The Morgan fingerprint density at radius 1 is 1.21 bits per heavy atom. The Kier molecular flexibility index (Phi) is 3.96. The Bertz CT molecular complexity index is 1050. The lowest BCUT2D eigenvalue weighted by Gasteiger charge is -2.47. The summed E-state index contributed by atoms with van der Waals surface area (Å²) >= 11 is 0. The highest BCUT2D eigenvalue weighted by atomic mass is 19.1. The monoisotopic (exact) mass is 382 g/mol. The van der Waals surface area contributed by atoms with Crippen LogP contribution in [0.1, 0.15) is 25.7 Å². The van der Waals surface area contributed by atoms with Gasteiger partial charge in [0, 0.05) is 17.6 Å². The molecule has 3 aliphatic carbocycles. The number of carboxylic acids is 1. The zero-order chi connectivity index (χ0) is 19.3. The molecule has 3 N–H and O–H groups in total. The summed E-state index contributed by atoms with van der Waals surface area (Å²) in [5.74, 6) is -1.30. The van der Waals surface area contributed by atoms with Crippen LogP contribution in [0.5, 0.6) is 0 Å². The number of halogens is 1. The van der Waals surface area contributed by atoms with Crippen molar-refractivity contribution in [2.24, 2.45) is 17.8 Å². The Balaban J connectivity index is 1.50. The van der Waals surface area contributed by atoms with Gasteiger partial charge in [-0.2, -0.15) is 5.10 Å². The fourth-order valence-electron chi connectivity index (χ4n) is 4.78. The lowest BCUT2D eigenvalue weighted by molar-refractivity contribution is -0.148. The van der Waals surface area contributed by atoms with Crippen LogP contribution < -0.4 is 5.32 Å². The first-order valence-corrected chi connectivity index (χ1v) is 9.43. The van der Waals surface area contributed by atoms with E-state index in [-0.39, 0.29) is 29.5 Å². The number of aromatic nitrogens is 5. The minimum Gasteiger partial charge on any atom is -0.481 e. The summed E-state index contributed by atoms with van der Waals surface area (Å²) < 4.78 is 14.5. The number of aliphatic carboxylic acids is 1. The molecule has 28 heavy (non-hydrogen) atoms. The van der Waals surface area contributed by atoms with E-state index in [4.69, 9.17) is 0 Å². The Hall–Kier alpha value is -3.10. The highest BCUT2D eigenvalue weighted by molar-refractivity contribution is 5.88. The number of hydrogen-bond acceptors (Lipinski definition) is 6. The third kappa shape index (κ3) is 2.69. The van der Waals surface area contributed by atoms with Gasteiger partial charge < -0.3 is 10.4 Å². The minimum absolute atomic E-state index is 0.0282. The second-order valence-corrected chi connectivity index (χ2v) is 7.57. The molecular weight excluding hydrogens is 363 g/mol. The first kappa shape index (κ1) is 17.0. The normalized spacial score (nSPS) is 26.5. The molecule has 0 unspecified atom stereocenters. The first-order valence-electron chi connectivity index (χ1n) is 9.43. The zero-order valence-corrected chi connectivity index (χ0v) is 15.0. The van der Waals surface area contributed by atoms with Crippen molar-refractivity contribution in [2.45, 2.75) is 31.7 Å². The van der Waals surface area contributed by atoms with Crippen molar-refractivity contribution < 1.29 is 14.3 Å². The molecule has 144 valence electrons. The molecule has 2 bridgehead atoms. The van der Waals surface area contributed by atoms with Crippen LogP contribution in [0, 0.1) is 23.6 Å². The number of hydrogen-bond donors (Lipinski definition) is 3. The predicted molar refractivity (Wildman–Crippen MR) is 98.9 cm³/mol. The third-order valence-corrected chi connectivity index (χ3v) is 6.11. The van der Waals surface area contributed by atoms with Gasteiger partial charge in [0.25, 0.3) is 0 Å². The van der Waals surface area contributed by atoms with Crippen molar-refractivity contribution in [3.8, 4) is 11.5 Å². The molecule has 0 amide bonds. The summed E-state index contributed by atoms with van der Waals surface area (Å²) in [6.45, 7) is 0. The van der Waals surface area contributed by atoms with Crippen LogP contribution in [0.15, 0.2) is 24.5 Å². The number of nitrogens with one attached hydrogen (secondary N) is 2. The van der Waals surface area contributed by atoms with E-state index in [1.54, 1.807) is 12.3 Å². The molecule has 0 saturated heterocycles. The largest absolute Gasteiger partial charge is 0.481 e. The molecule has 3 aromatic heterocycles. The molecule has 3 aliphatic rings. The fourth-order valence-corrected chi connectivity index (χ4v) is 4.78. The fraction of sp³-hybridized carbons (Fsp3) is 0.421. The molecule has 3 aromatic rings. The van der Waals surface area contributed by atoms with Gasteiger partial charge >= 0.3 is 5.97 Å². The van der Waals surface area contributed by atoms with E-state index in [1.165, 1.54) is 0 Å². The van der Waals surface area contributed by atoms with Gasteiger partial charge in [-0.1, -0.05) is 0 Å². The smallest absolute Gasteiger partial charge is 0.308 e. The van der Waals surface area contributed by atoms with Crippen LogP contribution in [-0.4, -0.2) is 42.3 Å². The van der Waals surface area contributed by atoms with Crippen molar-refractivity contribution in [2.75, 3.05) is 5.32 Å². The SMILES string of the molecule is O=C(O)[C@@H]1C2CCC(CC2)[C@H]1Nc1nc(-c2[nH]nc3ncccc23)ncc1F. The summed E-state index contributed by atoms with van der Waals surface area (Å²) in [5.41, 5.74) is 1.07. The van der Waals surface area contributed by atoms with Gasteiger partial charge in [0.15, 0.2) is 23.1 Å². The zero-order valence-electron chi connectivity index (χ0n) is 15.0. The van der Waals surface area contributed by atoms with Gasteiger partial charge in [0.2, 0.25) is 0 Å². The summed E-state index contributed by atoms with van der Waals surface area (Å²) in [5, 5.41) is 20.5. The van der Waals surface area contributed by atoms with Crippen molar-refractivity contribution in [1.29, 1.82) is 0 Å². The van der Waals surface area contributed by atoms with E-state index < -0.39 is 17.7 Å². The minimum atomic E-state index is -0.827. The molecule has 0 radical (unpaired) electrons. The van der Waals surface area contributed by atoms with E-state index in [2.05, 4.69) is 30.5 Å². The molecule has 6 rings (SSSR count). The summed E-state index contributed by atoms with van der Waals surface area (Å²) in [4.78, 5) is 24.4. The molecule has 3 heterocycles. The molecule has 8 nitrogen and oxygen atoms in total. The molecule has 9 heteroatoms. The number of carbonyl (C=O) groups is 1. The third-order valence-electron chi connectivity index (χ3n) is 6.11. The Morgan fingerprint density at radius 3 is 2.79 bits per heavy atom. The number of anilines is 1. The maximum absolute atomic E-state index is 14.5.